The van der Waals surface area contributed by atoms with E-state index in [1.807, 2.05) is 30.5 Å². The first kappa shape index (κ1) is 17.6. The number of imidazole rings is 1. The van der Waals surface area contributed by atoms with Gasteiger partial charge in [-0.15, -0.1) is 0 Å². The summed E-state index contributed by atoms with van der Waals surface area (Å²) in [6.45, 7) is 4.10. The van der Waals surface area contributed by atoms with E-state index < -0.39 is 0 Å². The summed E-state index contributed by atoms with van der Waals surface area (Å²) in [5, 5.41) is 3.42. The first-order chi connectivity index (χ1) is 13.3. The summed E-state index contributed by atoms with van der Waals surface area (Å²) in [6.07, 6.45) is 4.23. The van der Waals surface area contributed by atoms with Crippen LogP contribution in [0.15, 0.2) is 60.8 Å². The van der Waals surface area contributed by atoms with Crippen LogP contribution in [-0.2, 0) is 19.5 Å². The predicted molar refractivity (Wildman–Crippen MR) is 109 cm³/mol. The minimum Gasteiger partial charge on any atom is -0.497 e. The van der Waals surface area contributed by atoms with Crippen molar-refractivity contribution in [1.82, 2.24) is 14.5 Å². The van der Waals surface area contributed by atoms with Crippen LogP contribution in [0.25, 0.3) is 0 Å². The highest BCUT2D eigenvalue weighted by Gasteiger charge is 2.19. The van der Waals surface area contributed by atoms with Gasteiger partial charge in [-0.2, -0.15) is 0 Å². The lowest BCUT2D eigenvalue weighted by Crippen LogP contribution is -2.34. The van der Waals surface area contributed by atoms with Crippen molar-refractivity contribution in [2.24, 2.45) is 0 Å². The van der Waals surface area contributed by atoms with E-state index in [0.29, 0.717) is 0 Å². The fourth-order valence-electron chi connectivity index (χ4n) is 3.61. The highest BCUT2D eigenvalue weighted by molar-refractivity contribution is 5.53. The normalized spacial score (nSPS) is 14.0. The van der Waals surface area contributed by atoms with E-state index in [0.717, 1.165) is 56.4 Å². The predicted octanol–water partition coefficient (Wildman–Crippen LogP) is 4.08. The summed E-state index contributed by atoms with van der Waals surface area (Å²) >= 11 is 0. The monoisotopic (exact) mass is 362 g/mol. The average Bonchev–Trinajstić information content (AvgIpc) is 3.11. The lowest BCUT2D eigenvalue weighted by molar-refractivity contribution is 0.220. The van der Waals surface area contributed by atoms with Gasteiger partial charge in [0.05, 0.1) is 19.0 Å². The maximum absolute atomic E-state index is 5.31. The van der Waals surface area contributed by atoms with Crippen LogP contribution >= 0.6 is 0 Å². The standard InChI is InChI=1S/C22H26N4O/c1-27-21-11-5-7-18(15-21)8-6-12-25-13-14-26-20(17-25)16-23-22(26)24-19-9-3-2-4-10-19/h2-5,7,9-11,15-16H,6,8,12-14,17H2,1H3,(H,23,24). The number of aromatic nitrogens is 2. The van der Waals surface area contributed by atoms with Gasteiger partial charge in [-0.1, -0.05) is 30.3 Å². The fraction of sp³-hybridized carbons (Fsp3) is 0.318. The average molecular weight is 362 g/mol. The van der Waals surface area contributed by atoms with Gasteiger partial charge in [0.2, 0.25) is 5.95 Å². The fourth-order valence-corrected chi connectivity index (χ4v) is 3.61. The summed E-state index contributed by atoms with van der Waals surface area (Å²) < 4.78 is 7.61. The second-order valence-corrected chi connectivity index (χ2v) is 6.95. The zero-order chi connectivity index (χ0) is 18.5. The van der Waals surface area contributed by atoms with Crippen LogP contribution in [0.1, 0.15) is 17.7 Å². The number of nitrogens with zero attached hydrogens (tertiary/aromatic N) is 3. The summed E-state index contributed by atoms with van der Waals surface area (Å²) in [6, 6.07) is 18.6. The largest absolute Gasteiger partial charge is 0.497 e. The minimum absolute atomic E-state index is 0.937. The molecule has 1 aliphatic heterocycles. The molecule has 4 rings (SSSR count). The number of ether oxygens (including phenoxy) is 1. The first-order valence-corrected chi connectivity index (χ1v) is 9.53. The van der Waals surface area contributed by atoms with Gasteiger partial charge in [0.15, 0.2) is 0 Å². The maximum atomic E-state index is 5.31. The van der Waals surface area contributed by atoms with Crippen LogP contribution in [0.3, 0.4) is 0 Å². The number of hydrogen-bond donors (Lipinski definition) is 1. The molecule has 1 aromatic heterocycles. The number of nitrogens with one attached hydrogen (secondary N) is 1. The Morgan fingerprint density at radius 2 is 1.96 bits per heavy atom. The molecule has 0 atom stereocenters. The smallest absolute Gasteiger partial charge is 0.207 e. The molecule has 2 aromatic carbocycles. The summed E-state index contributed by atoms with van der Waals surface area (Å²) in [5.74, 6) is 1.88. The molecule has 1 N–H and O–H groups in total. The molecule has 0 fully saturated rings. The molecule has 2 heterocycles. The number of fused-ring (bicyclic) bond motifs is 1. The number of anilines is 2. The Labute approximate surface area is 160 Å². The van der Waals surface area contributed by atoms with Crippen molar-refractivity contribution in [3.63, 3.8) is 0 Å². The first-order valence-electron chi connectivity index (χ1n) is 9.53. The summed E-state index contributed by atoms with van der Waals surface area (Å²) in [4.78, 5) is 7.10. The van der Waals surface area contributed by atoms with Crippen LogP contribution in [0.5, 0.6) is 5.75 Å². The van der Waals surface area contributed by atoms with E-state index >= 15 is 0 Å². The maximum Gasteiger partial charge on any atom is 0.207 e. The molecule has 0 saturated heterocycles. The third-order valence-corrected chi connectivity index (χ3v) is 5.07. The van der Waals surface area contributed by atoms with Crippen molar-refractivity contribution in [3.05, 3.63) is 72.1 Å². The Morgan fingerprint density at radius 3 is 2.81 bits per heavy atom. The number of aryl methyl sites for hydroxylation is 1. The van der Waals surface area contributed by atoms with Crippen LogP contribution < -0.4 is 10.1 Å². The van der Waals surface area contributed by atoms with Gasteiger partial charge in [0.25, 0.3) is 0 Å². The van der Waals surface area contributed by atoms with Crippen LogP contribution in [0, 0.1) is 0 Å². The summed E-state index contributed by atoms with van der Waals surface area (Å²) in [7, 11) is 1.72. The van der Waals surface area contributed by atoms with Gasteiger partial charge >= 0.3 is 0 Å². The highest BCUT2D eigenvalue weighted by Crippen LogP contribution is 2.21. The van der Waals surface area contributed by atoms with E-state index in [1.54, 1.807) is 7.11 Å². The Bertz CT molecular complexity index is 875. The summed E-state index contributed by atoms with van der Waals surface area (Å²) in [5.41, 5.74) is 3.69. The van der Waals surface area contributed by atoms with Crippen LogP contribution in [0.2, 0.25) is 0 Å². The Morgan fingerprint density at radius 1 is 1.07 bits per heavy atom. The second kappa shape index (κ2) is 8.27. The van der Waals surface area contributed by atoms with E-state index in [4.69, 9.17) is 4.74 Å². The van der Waals surface area contributed by atoms with Crippen molar-refractivity contribution in [2.45, 2.75) is 25.9 Å². The van der Waals surface area contributed by atoms with Gasteiger partial charge in [-0.05, 0) is 49.2 Å². The molecule has 0 amide bonds. The van der Waals surface area contributed by atoms with Gasteiger partial charge in [0.1, 0.15) is 5.75 Å². The molecular weight excluding hydrogens is 336 g/mol. The molecule has 5 nitrogen and oxygen atoms in total. The topological polar surface area (TPSA) is 42.3 Å². The van der Waals surface area contributed by atoms with E-state index in [9.17, 15) is 0 Å². The van der Waals surface area contributed by atoms with Gasteiger partial charge in [-0.25, -0.2) is 4.98 Å². The van der Waals surface area contributed by atoms with Crippen molar-refractivity contribution in [2.75, 3.05) is 25.5 Å². The van der Waals surface area contributed by atoms with Crippen molar-refractivity contribution in [1.29, 1.82) is 0 Å². The molecule has 0 spiro atoms. The molecule has 0 aliphatic carbocycles. The molecule has 0 saturated carbocycles. The number of methoxy groups -OCH3 is 1. The van der Waals surface area contributed by atoms with Crippen LogP contribution in [-0.4, -0.2) is 34.7 Å². The van der Waals surface area contributed by atoms with Crippen molar-refractivity contribution < 1.29 is 4.74 Å². The van der Waals surface area contributed by atoms with Crippen molar-refractivity contribution >= 4 is 11.6 Å². The van der Waals surface area contributed by atoms with Crippen molar-refractivity contribution in [3.8, 4) is 5.75 Å². The number of rotatable bonds is 7. The molecule has 0 bridgehead atoms. The Balaban J connectivity index is 1.31. The third-order valence-electron chi connectivity index (χ3n) is 5.07. The lowest BCUT2D eigenvalue weighted by Gasteiger charge is -2.28. The SMILES string of the molecule is COc1cccc(CCCN2CCn3c(cnc3Nc3ccccc3)C2)c1. The highest BCUT2D eigenvalue weighted by atomic mass is 16.5. The minimum atomic E-state index is 0.937. The number of hydrogen-bond acceptors (Lipinski definition) is 4. The van der Waals surface area contributed by atoms with Crippen LogP contribution in [0.4, 0.5) is 11.6 Å². The van der Waals surface area contributed by atoms with Gasteiger partial charge in [0, 0.05) is 25.3 Å². The lowest BCUT2D eigenvalue weighted by atomic mass is 10.1. The zero-order valence-corrected chi connectivity index (χ0v) is 15.8. The molecular formula is C22H26N4O. The Kier molecular flexibility index (Phi) is 5.39. The molecule has 0 radical (unpaired) electrons. The Hall–Kier alpha value is -2.79. The quantitative estimate of drug-likeness (QED) is 0.688. The number of benzene rings is 2. The molecule has 5 heteroatoms. The van der Waals surface area contributed by atoms with E-state index in [1.165, 1.54) is 11.3 Å². The molecule has 27 heavy (non-hydrogen) atoms. The molecule has 140 valence electrons. The van der Waals surface area contributed by atoms with Gasteiger partial charge in [-0.3, -0.25) is 4.90 Å². The van der Waals surface area contributed by atoms with E-state index in [2.05, 4.69) is 50.1 Å². The number of para-hydroxylation sites is 1. The second-order valence-electron chi connectivity index (χ2n) is 6.95. The van der Waals surface area contributed by atoms with E-state index in [-0.39, 0.29) is 0 Å². The molecule has 3 aromatic rings. The molecule has 0 unspecified atom stereocenters. The van der Waals surface area contributed by atoms with Gasteiger partial charge < -0.3 is 14.6 Å². The third kappa shape index (κ3) is 4.31. The molecule has 1 aliphatic rings. The zero-order valence-electron chi connectivity index (χ0n) is 15.8.